The van der Waals surface area contributed by atoms with Crippen LogP contribution in [0.25, 0.3) is 33.6 Å². The van der Waals surface area contributed by atoms with Gasteiger partial charge in [-0.25, -0.2) is 8.42 Å². The number of fused-ring (bicyclic) bond motifs is 1. The fourth-order valence-electron chi connectivity index (χ4n) is 3.74. The molecule has 0 unspecified atom stereocenters. The molecule has 3 aromatic carbocycles. The van der Waals surface area contributed by atoms with E-state index in [1.165, 1.54) is 42.7 Å². The van der Waals surface area contributed by atoms with Gasteiger partial charge in [0.1, 0.15) is 17.6 Å². The van der Waals surface area contributed by atoms with Crippen LogP contribution in [0.5, 0.6) is 5.75 Å². The molecule has 0 saturated heterocycles. The number of hydrogen-bond acceptors (Lipinski definition) is 8. The molecule has 2 aromatic heterocycles. The van der Waals surface area contributed by atoms with Gasteiger partial charge in [0, 0.05) is 17.3 Å². The smallest absolute Gasteiger partial charge is 0.416 e. The van der Waals surface area contributed by atoms with Crippen molar-refractivity contribution in [2.45, 2.75) is 12.8 Å². The molecule has 39 heavy (non-hydrogen) atoms. The molecule has 13 heteroatoms. The molecule has 0 spiro atoms. The normalized spacial score (nSPS) is 12.0. The maximum Gasteiger partial charge on any atom is 0.416 e. The highest BCUT2D eigenvalue weighted by Crippen LogP contribution is 2.32. The lowest BCUT2D eigenvalue weighted by Crippen LogP contribution is -2.09. The summed E-state index contributed by atoms with van der Waals surface area (Å²) in [6.07, 6.45) is -2.17. The molecule has 0 aliphatic carbocycles. The second-order valence-corrected chi connectivity index (χ2v) is 10.2. The third kappa shape index (κ3) is 5.93. The quantitative estimate of drug-likeness (QED) is 0.279. The van der Waals surface area contributed by atoms with Gasteiger partial charge in [-0.1, -0.05) is 23.4 Å². The van der Waals surface area contributed by atoms with Crippen LogP contribution in [0.15, 0.2) is 86.7 Å². The summed E-state index contributed by atoms with van der Waals surface area (Å²) in [4.78, 5) is 17.1. The van der Waals surface area contributed by atoms with Crippen LogP contribution in [0.4, 0.5) is 18.9 Å². The lowest BCUT2D eigenvalue weighted by molar-refractivity contribution is -0.137. The van der Waals surface area contributed by atoms with Crippen molar-refractivity contribution in [3.63, 3.8) is 0 Å². The summed E-state index contributed by atoms with van der Waals surface area (Å²) in [5.74, 6) is 0.352. The number of hydrogen-bond donors (Lipinski definition) is 1. The minimum absolute atomic E-state index is 0.0862. The third-order valence-electron chi connectivity index (χ3n) is 5.52. The third-order valence-corrected chi connectivity index (χ3v) is 6.12. The van der Waals surface area contributed by atoms with Crippen LogP contribution >= 0.6 is 0 Å². The summed E-state index contributed by atoms with van der Waals surface area (Å²) in [6, 6.07) is 15.4. The van der Waals surface area contributed by atoms with Gasteiger partial charge in [0.15, 0.2) is 12.0 Å². The fraction of sp³-hybridized carbons (Fsp3) is 0.115. The van der Waals surface area contributed by atoms with Crippen LogP contribution in [-0.2, 0) is 22.8 Å². The van der Waals surface area contributed by atoms with E-state index in [4.69, 9.17) is 13.7 Å². The number of nitrogens with one attached hydrogen (secondary N) is 1. The monoisotopic (exact) mass is 557 g/mol. The Kier molecular flexibility index (Phi) is 6.60. The zero-order valence-corrected chi connectivity index (χ0v) is 20.8. The second kappa shape index (κ2) is 9.91. The fourth-order valence-corrected chi connectivity index (χ4v) is 4.30. The first kappa shape index (κ1) is 26.0. The highest BCUT2D eigenvalue weighted by atomic mass is 32.2. The average Bonchev–Trinajstić information content (AvgIpc) is 3.36. The summed E-state index contributed by atoms with van der Waals surface area (Å²) in [6.45, 7) is -0.149. The van der Waals surface area contributed by atoms with Crippen LogP contribution < -0.4 is 14.9 Å². The highest BCUT2D eigenvalue weighted by Gasteiger charge is 2.31. The Morgan fingerprint density at radius 1 is 1.00 bits per heavy atom. The molecular weight excluding hydrogens is 539 g/mol. The van der Waals surface area contributed by atoms with Gasteiger partial charge in [-0.2, -0.15) is 18.2 Å². The van der Waals surface area contributed by atoms with Crippen LogP contribution in [0.3, 0.4) is 0 Å². The Hall–Kier alpha value is -4.65. The molecule has 5 aromatic rings. The molecule has 1 N–H and O–H groups in total. The SMILES string of the molecule is CS(=O)(=O)Nc1ccc(-c2coc3cc(OCc4noc(-c5cccc(C(F)(F)F)c5)n4)ccc3c2=O)cc1. The maximum atomic E-state index is 13.0. The minimum Gasteiger partial charge on any atom is -0.485 e. The number of nitrogens with zero attached hydrogens (tertiary/aromatic N) is 2. The zero-order chi connectivity index (χ0) is 27.8. The molecular formula is C26H18F3N3O6S. The summed E-state index contributed by atoms with van der Waals surface area (Å²) in [5, 5.41) is 4.04. The molecule has 0 bridgehead atoms. The molecule has 0 fully saturated rings. The van der Waals surface area contributed by atoms with Crippen molar-refractivity contribution in [3.05, 3.63) is 94.6 Å². The summed E-state index contributed by atoms with van der Waals surface area (Å²) in [7, 11) is -3.43. The van der Waals surface area contributed by atoms with Crippen molar-refractivity contribution in [1.29, 1.82) is 0 Å². The Balaban J connectivity index is 1.31. The number of ether oxygens (including phenoxy) is 1. The maximum absolute atomic E-state index is 13.0. The van der Waals surface area contributed by atoms with E-state index in [0.717, 1.165) is 18.4 Å². The van der Waals surface area contributed by atoms with Gasteiger partial charge in [-0.05, 0) is 48.0 Å². The first-order valence-electron chi connectivity index (χ1n) is 11.2. The largest absolute Gasteiger partial charge is 0.485 e. The number of anilines is 1. The van der Waals surface area contributed by atoms with Gasteiger partial charge >= 0.3 is 6.18 Å². The van der Waals surface area contributed by atoms with E-state index in [9.17, 15) is 26.4 Å². The Morgan fingerprint density at radius 3 is 2.49 bits per heavy atom. The number of aromatic nitrogens is 2. The van der Waals surface area contributed by atoms with Crippen LogP contribution in [0.1, 0.15) is 11.4 Å². The van der Waals surface area contributed by atoms with Crippen molar-refractivity contribution in [2.75, 3.05) is 11.0 Å². The van der Waals surface area contributed by atoms with Gasteiger partial charge in [-0.15, -0.1) is 0 Å². The molecule has 0 aliphatic rings. The molecule has 9 nitrogen and oxygen atoms in total. The van der Waals surface area contributed by atoms with E-state index < -0.39 is 21.8 Å². The molecule has 5 rings (SSSR count). The first-order chi connectivity index (χ1) is 18.5. The van der Waals surface area contributed by atoms with Gasteiger partial charge in [0.05, 0.1) is 22.8 Å². The molecule has 200 valence electrons. The topological polar surface area (TPSA) is 125 Å². The molecule has 0 aliphatic heterocycles. The standard InChI is InChI=1S/C26H18F3N3O6S/c1-39(34,35)32-18-7-5-15(6-8-18)21-13-37-22-12-19(9-10-20(22)24(21)33)36-14-23-30-25(38-31-23)16-3-2-4-17(11-16)26(27,28)29/h2-13,32H,14H2,1H3. The second-order valence-electron chi connectivity index (χ2n) is 8.47. The molecule has 0 saturated carbocycles. The van der Waals surface area contributed by atoms with Gasteiger partial charge in [-0.3, -0.25) is 9.52 Å². The lowest BCUT2D eigenvalue weighted by Gasteiger charge is -2.07. The predicted octanol–water partition coefficient (Wildman–Crippen LogP) is 5.48. The predicted molar refractivity (Wildman–Crippen MR) is 135 cm³/mol. The van der Waals surface area contributed by atoms with Gasteiger partial charge in [0.2, 0.25) is 15.8 Å². The molecule has 0 radical (unpaired) electrons. The minimum atomic E-state index is -4.50. The van der Waals surface area contributed by atoms with Gasteiger partial charge < -0.3 is 13.7 Å². The number of alkyl halides is 3. The van der Waals surface area contributed by atoms with Crippen LogP contribution in [0, 0.1) is 0 Å². The van der Waals surface area contributed by atoms with Crippen molar-refractivity contribution in [3.8, 4) is 28.3 Å². The van der Waals surface area contributed by atoms with Crippen molar-refractivity contribution >= 4 is 26.7 Å². The molecule has 2 heterocycles. The number of benzene rings is 3. The van der Waals surface area contributed by atoms with E-state index in [-0.39, 0.29) is 40.5 Å². The van der Waals surface area contributed by atoms with Gasteiger partial charge in [0.25, 0.3) is 5.89 Å². The van der Waals surface area contributed by atoms with E-state index in [1.54, 1.807) is 18.2 Å². The number of halogens is 3. The number of rotatable bonds is 7. The van der Waals surface area contributed by atoms with Crippen molar-refractivity contribution in [2.24, 2.45) is 0 Å². The van der Waals surface area contributed by atoms with Crippen LogP contribution in [-0.4, -0.2) is 24.8 Å². The summed E-state index contributed by atoms with van der Waals surface area (Å²) in [5.41, 5.74) is 0.433. The molecule has 0 amide bonds. The number of sulfonamides is 1. The average molecular weight is 558 g/mol. The van der Waals surface area contributed by atoms with E-state index in [0.29, 0.717) is 22.4 Å². The van der Waals surface area contributed by atoms with E-state index >= 15 is 0 Å². The van der Waals surface area contributed by atoms with Crippen molar-refractivity contribution < 1.29 is 35.3 Å². The van der Waals surface area contributed by atoms with Crippen molar-refractivity contribution in [1.82, 2.24) is 10.1 Å². The highest BCUT2D eigenvalue weighted by molar-refractivity contribution is 7.92. The van der Waals surface area contributed by atoms with E-state index in [2.05, 4.69) is 14.9 Å². The summed E-state index contributed by atoms with van der Waals surface area (Å²) >= 11 is 0. The Labute approximate surface area is 218 Å². The Morgan fingerprint density at radius 2 is 1.77 bits per heavy atom. The summed E-state index contributed by atoms with van der Waals surface area (Å²) < 4.78 is 80.4. The van der Waals surface area contributed by atoms with Crippen LogP contribution in [0.2, 0.25) is 0 Å². The zero-order valence-electron chi connectivity index (χ0n) is 20.0. The van der Waals surface area contributed by atoms with E-state index in [1.807, 2.05) is 0 Å². The molecule has 0 atom stereocenters. The lowest BCUT2D eigenvalue weighted by atomic mass is 10.1. The Bertz CT molecular complexity index is 1830. The first-order valence-corrected chi connectivity index (χ1v) is 13.1.